The molecule has 1 aliphatic heterocycles. The molecule has 0 amide bonds. The number of nitrogens with zero attached hydrogens (tertiary/aromatic N) is 2. The molecule has 0 aromatic carbocycles. The summed E-state index contributed by atoms with van der Waals surface area (Å²) in [6.07, 6.45) is 2.64. The number of nitrogens with one attached hydrogen (secondary N) is 1. The van der Waals surface area contributed by atoms with E-state index >= 15 is 0 Å². The topological polar surface area (TPSA) is 18.5 Å². The molecule has 0 atom stereocenters. The number of piperidine rings is 1. The van der Waals surface area contributed by atoms with Crippen molar-refractivity contribution in [2.45, 2.75) is 19.8 Å². The van der Waals surface area contributed by atoms with Crippen LogP contribution in [0.4, 0.5) is 0 Å². The Morgan fingerprint density at radius 1 is 1.07 bits per heavy atom. The molecule has 0 aromatic rings. The predicted octanol–water partition coefficient (Wildman–Crippen LogP) is 0.869. The number of likely N-dealkylation sites (N-methyl/N-ethyl adjacent to an activating group) is 2. The second-order valence-electron chi connectivity index (χ2n) is 5.60. The molecule has 1 aliphatic rings. The van der Waals surface area contributed by atoms with Gasteiger partial charge in [0.15, 0.2) is 0 Å². The summed E-state index contributed by atoms with van der Waals surface area (Å²) in [6.45, 7) is 8.39. The Hall–Kier alpha value is -0.120. The third-order valence-corrected chi connectivity index (χ3v) is 3.39. The maximum atomic E-state index is 3.44. The standard InChI is InChI=1S/C12H27N3/c1-12(5-7-13-8-6-12)11-15(4)10-9-14(2)3/h13H,5-11H2,1-4H3. The van der Waals surface area contributed by atoms with Gasteiger partial charge in [0, 0.05) is 19.6 Å². The lowest BCUT2D eigenvalue weighted by Gasteiger charge is -2.37. The van der Waals surface area contributed by atoms with Crippen LogP contribution in [0.25, 0.3) is 0 Å². The van der Waals surface area contributed by atoms with E-state index in [1.807, 2.05) is 0 Å². The zero-order chi connectivity index (χ0) is 11.3. The fourth-order valence-corrected chi connectivity index (χ4v) is 2.29. The van der Waals surface area contributed by atoms with Crippen LogP contribution in [0.5, 0.6) is 0 Å². The first-order valence-corrected chi connectivity index (χ1v) is 6.06. The maximum Gasteiger partial charge on any atom is 0.0106 e. The predicted molar refractivity (Wildman–Crippen MR) is 66.3 cm³/mol. The molecule has 1 fully saturated rings. The molecule has 0 saturated carbocycles. The molecule has 3 nitrogen and oxygen atoms in total. The Morgan fingerprint density at radius 2 is 1.67 bits per heavy atom. The lowest BCUT2D eigenvalue weighted by atomic mass is 9.80. The van der Waals surface area contributed by atoms with Crippen molar-refractivity contribution >= 4 is 0 Å². The molecule has 0 radical (unpaired) electrons. The second kappa shape index (κ2) is 5.83. The highest BCUT2D eigenvalue weighted by atomic mass is 15.2. The summed E-state index contributed by atoms with van der Waals surface area (Å²) in [5.74, 6) is 0. The van der Waals surface area contributed by atoms with E-state index in [1.165, 1.54) is 39.0 Å². The van der Waals surface area contributed by atoms with E-state index < -0.39 is 0 Å². The van der Waals surface area contributed by atoms with Crippen LogP contribution in [0.15, 0.2) is 0 Å². The number of rotatable bonds is 5. The van der Waals surface area contributed by atoms with Crippen molar-refractivity contribution in [3.8, 4) is 0 Å². The molecule has 90 valence electrons. The van der Waals surface area contributed by atoms with Crippen molar-refractivity contribution in [3.63, 3.8) is 0 Å². The molecule has 0 spiro atoms. The van der Waals surface area contributed by atoms with E-state index in [4.69, 9.17) is 0 Å². The first-order valence-electron chi connectivity index (χ1n) is 6.06. The van der Waals surface area contributed by atoms with Gasteiger partial charge < -0.3 is 15.1 Å². The molecule has 0 aliphatic carbocycles. The van der Waals surface area contributed by atoms with Gasteiger partial charge in [-0.1, -0.05) is 6.92 Å². The van der Waals surface area contributed by atoms with Gasteiger partial charge in [-0.15, -0.1) is 0 Å². The van der Waals surface area contributed by atoms with E-state index in [-0.39, 0.29) is 0 Å². The van der Waals surface area contributed by atoms with Crippen LogP contribution in [0.2, 0.25) is 0 Å². The summed E-state index contributed by atoms with van der Waals surface area (Å²) in [5, 5.41) is 3.44. The van der Waals surface area contributed by atoms with Crippen LogP contribution in [0.3, 0.4) is 0 Å². The average Bonchev–Trinajstić information content (AvgIpc) is 2.15. The van der Waals surface area contributed by atoms with Gasteiger partial charge in [0.25, 0.3) is 0 Å². The van der Waals surface area contributed by atoms with Gasteiger partial charge in [-0.2, -0.15) is 0 Å². The number of hydrogen-bond donors (Lipinski definition) is 1. The first-order chi connectivity index (χ1) is 7.02. The minimum Gasteiger partial charge on any atom is -0.317 e. The summed E-state index contributed by atoms with van der Waals surface area (Å²) in [6, 6.07) is 0. The first kappa shape index (κ1) is 12.9. The Labute approximate surface area is 94.8 Å². The molecular formula is C12H27N3. The highest BCUT2D eigenvalue weighted by Crippen LogP contribution is 2.28. The minimum absolute atomic E-state index is 0.534. The van der Waals surface area contributed by atoms with Crippen molar-refractivity contribution in [2.24, 2.45) is 5.41 Å². The van der Waals surface area contributed by atoms with Gasteiger partial charge in [-0.3, -0.25) is 0 Å². The molecule has 1 saturated heterocycles. The Kier molecular flexibility index (Phi) is 5.03. The Morgan fingerprint density at radius 3 is 2.20 bits per heavy atom. The summed E-state index contributed by atoms with van der Waals surface area (Å²) in [7, 11) is 6.52. The lowest BCUT2D eigenvalue weighted by molar-refractivity contribution is 0.141. The van der Waals surface area contributed by atoms with Gasteiger partial charge in [0.2, 0.25) is 0 Å². The maximum absolute atomic E-state index is 3.44. The summed E-state index contributed by atoms with van der Waals surface area (Å²) in [5.41, 5.74) is 0.534. The van der Waals surface area contributed by atoms with Gasteiger partial charge in [0.05, 0.1) is 0 Å². The van der Waals surface area contributed by atoms with E-state index in [1.54, 1.807) is 0 Å². The van der Waals surface area contributed by atoms with Crippen LogP contribution in [-0.4, -0.2) is 63.7 Å². The van der Waals surface area contributed by atoms with Crippen LogP contribution in [-0.2, 0) is 0 Å². The summed E-state index contributed by atoms with van der Waals surface area (Å²) < 4.78 is 0. The third-order valence-electron chi connectivity index (χ3n) is 3.39. The fraction of sp³-hybridized carbons (Fsp3) is 1.00. The smallest absolute Gasteiger partial charge is 0.0106 e. The number of hydrogen-bond acceptors (Lipinski definition) is 3. The van der Waals surface area contributed by atoms with Crippen molar-refractivity contribution in [2.75, 3.05) is 53.9 Å². The van der Waals surface area contributed by atoms with E-state index in [0.717, 1.165) is 6.54 Å². The van der Waals surface area contributed by atoms with Gasteiger partial charge >= 0.3 is 0 Å². The third kappa shape index (κ3) is 4.96. The van der Waals surface area contributed by atoms with Crippen molar-refractivity contribution < 1.29 is 0 Å². The molecule has 1 N–H and O–H groups in total. The SMILES string of the molecule is CN(C)CCN(C)CC1(C)CCNCC1. The van der Waals surface area contributed by atoms with E-state index in [9.17, 15) is 0 Å². The minimum atomic E-state index is 0.534. The van der Waals surface area contributed by atoms with Crippen LogP contribution >= 0.6 is 0 Å². The van der Waals surface area contributed by atoms with Crippen molar-refractivity contribution in [1.29, 1.82) is 0 Å². The molecule has 1 heterocycles. The fourth-order valence-electron chi connectivity index (χ4n) is 2.29. The highest BCUT2D eigenvalue weighted by molar-refractivity contribution is 4.83. The summed E-state index contributed by atoms with van der Waals surface area (Å²) >= 11 is 0. The van der Waals surface area contributed by atoms with Gasteiger partial charge in [-0.05, 0) is 52.5 Å². The normalized spacial score (nSPS) is 21.2. The van der Waals surface area contributed by atoms with Crippen LogP contribution in [0, 0.1) is 5.41 Å². The molecule has 0 aromatic heterocycles. The zero-order valence-corrected chi connectivity index (χ0v) is 10.8. The summed E-state index contributed by atoms with van der Waals surface area (Å²) in [4.78, 5) is 4.73. The molecule has 15 heavy (non-hydrogen) atoms. The molecule has 0 bridgehead atoms. The van der Waals surface area contributed by atoms with Crippen molar-refractivity contribution in [3.05, 3.63) is 0 Å². The zero-order valence-electron chi connectivity index (χ0n) is 10.8. The van der Waals surface area contributed by atoms with E-state index in [0.29, 0.717) is 5.41 Å². The molecular weight excluding hydrogens is 186 g/mol. The van der Waals surface area contributed by atoms with Crippen LogP contribution < -0.4 is 5.32 Å². The Bertz CT molecular complexity index is 174. The van der Waals surface area contributed by atoms with Crippen LogP contribution in [0.1, 0.15) is 19.8 Å². The largest absolute Gasteiger partial charge is 0.317 e. The van der Waals surface area contributed by atoms with Crippen molar-refractivity contribution in [1.82, 2.24) is 15.1 Å². The molecule has 3 heteroatoms. The average molecular weight is 213 g/mol. The monoisotopic (exact) mass is 213 g/mol. The van der Waals surface area contributed by atoms with E-state index in [2.05, 4.69) is 43.2 Å². The second-order valence-corrected chi connectivity index (χ2v) is 5.60. The lowest BCUT2D eigenvalue weighted by Crippen LogP contribution is -2.43. The quantitative estimate of drug-likeness (QED) is 0.731. The molecule has 1 rings (SSSR count). The molecule has 0 unspecified atom stereocenters. The van der Waals surface area contributed by atoms with Gasteiger partial charge in [0.1, 0.15) is 0 Å². The van der Waals surface area contributed by atoms with Gasteiger partial charge in [-0.25, -0.2) is 0 Å². The highest BCUT2D eigenvalue weighted by Gasteiger charge is 2.27. The Balaban J connectivity index is 2.25.